The number of nitrogens with one attached hydrogen (secondary N) is 1. The van der Waals surface area contributed by atoms with Crippen LogP contribution in [0.5, 0.6) is 0 Å². The summed E-state index contributed by atoms with van der Waals surface area (Å²) < 4.78 is 28.4. The number of aliphatic hydroxyl groups is 1. The van der Waals surface area contributed by atoms with Crippen LogP contribution in [0, 0.1) is 11.3 Å². The highest BCUT2D eigenvalue weighted by Crippen LogP contribution is 2.42. The van der Waals surface area contributed by atoms with Crippen molar-refractivity contribution in [3.63, 3.8) is 0 Å². The van der Waals surface area contributed by atoms with Crippen LogP contribution in [0.25, 0.3) is 0 Å². The van der Waals surface area contributed by atoms with Crippen LogP contribution >= 0.6 is 0 Å². The van der Waals surface area contributed by atoms with E-state index in [0.717, 1.165) is 19.3 Å². The van der Waals surface area contributed by atoms with E-state index in [2.05, 4.69) is 18.6 Å². The molecule has 0 aromatic heterocycles. The van der Waals surface area contributed by atoms with Crippen molar-refractivity contribution >= 4 is 10.2 Å². The first-order valence-electron chi connectivity index (χ1n) is 7.63. The molecule has 1 fully saturated rings. The maximum atomic E-state index is 12.2. The molecule has 0 aromatic rings. The summed E-state index contributed by atoms with van der Waals surface area (Å²) in [7, 11) is -1.86. The normalized spacial score (nSPS) is 19.1. The first kappa shape index (κ1) is 17.9. The predicted molar refractivity (Wildman–Crippen MR) is 81.6 cm³/mol. The van der Waals surface area contributed by atoms with Crippen LogP contribution in [-0.2, 0) is 10.2 Å². The Bertz CT molecular complexity index is 376. The van der Waals surface area contributed by atoms with Gasteiger partial charge in [-0.2, -0.15) is 12.7 Å². The third kappa shape index (κ3) is 5.31. The molecule has 1 rings (SSSR count). The van der Waals surface area contributed by atoms with Crippen LogP contribution in [-0.4, -0.2) is 44.6 Å². The second-order valence-electron chi connectivity index (χ2n) is 6.53. The Morgan fingerprint density at radius 3 is 2.40 bits per heavy atom. The van der Waals surface area contributed by atoms with Crippen molar-refractivity contribution in [2.75, 3.05) is 26.7 Å². The molecule has 6 heteroatoms. The Balaban J connectivity index is 2.58. The molecule has 5 nitrogen and oxygen atoms in total. The van der Waals surface area contributed by atoms with E-state index in [1.807, 2.05) is 0 Å². The zero-order valence-electron chi connectivity index (χ0n) is 13.1. The Labute approximate surface area is 123 Å². The molecule has 120 valence electrons. The third-order valence-electron chi connectivity index (χ3n) is 4.18. The second-order valence-corrected chi connectivity index (χ2v) is 8.39. The summed E-state index contributed by atoms with van der Waals surface area (Å²) in [5.41, 5.74) is 0.138. The smallest absolute Gasteiger partial charge is 0.279 e. The van der Waals surface area contributed by atoms with E-state index < -0.39 is 10.2 Å². The van der Waals surface area contributed by atoms with E-state index in [1.54, 1.807) is 7.05 Å². The molecule has 0 aliphatic heterocycles. The Morgan fingerprint density at radius 1 is 1.30 bits per heavy atom. The van der Waals surface area contributed by atoms with Gasteiger partial charge in [0.15, 0.2) is 0 Å². The van der Waals surface area contributed by atoms with Crippen molar-refractivity contribution in [3.8, 4) is 0 Å². The van der Waals surface area contributed by atoms with E-state index in [0.29, 0.717) is 25.4 Å². The van der Waals surface area contributed by atoms with Crippen molar-refractivity contribution < 1.29 is 13.5 Å². The number of hydrogen-bond acceptors (Lipinski definition) is 3. The van der Waals surface area contributed by atoms with Crippen LogP contribution in [0.2, 0.25) is 0 Å². The molecule has 1 aliphatic rings. The molecule has 0 unspecified atom stereocenters. The third-order valence-corrected chi connectivity index (χ3v) is 5.69. The van der Waals surface area contributed by atoms with Crippen molar-refractivity contribution in [3.05, 3.63) is 0 Å². The second kappa shape index (κ2) is 7.73. The summed E-state index contributed by atoms with van der Waals surface area (Å²) in [6, 6.07) is 0. The van der Waals surface area contributed by atoms with Gasteiger partial charge in [0.2, 0.25) is 0 Å². The van der Waals surface area contributed by atoms with Gasteiger partial charge in [0, 0.05) is 26.7 Å². The van der Waals surface area contributed by atoms with E-state index in [-0.39, 0.29) is 12.0 Å². The lowest BCUT2D eigenvalue weighted by Crippen LogP contribution is -2.44. The van der Waals surface area contributed by atoms with Crippen LogP contribution in [0.15, 0.2) is 0 Å². The van der Waals surface area contributed by atoms with Gasteiger partial charge in [-0.05, 0) is 37.0 Å². The van der Waals surface area contributed by atoms with Gasteiger partial charge >= 0.3 is 0 Å². The Hall–Kier alpha value is -0.170. The number of nitrogens with zero attached hydrogens (tertiary/aromatic N) is 1. The molecule has 2 N–H and O–H groups in total. The number of rotatable bonds is 9. The molecule has 0 radical (unpaired) electrons. The van der Waals surface area contributed by atoms with Gasteiger partial charge < -0.3 is 5.11 Å². The lowest BCUT2D eigenvalue weighted by atomic mass is 9.79. The predicted octanol–water partition coefficient (Wildman–Crippen LogP) is 1.74. The van der Waals surface area contributed by atoms with E-state index in [1.165, 1.54) is 17.1 Å². The van der Waals surface area contributed by atoms with Gasteiger partial charge in [0.05, 0.1) is 0 Å². The van der Waals surface area contributed by atoms with Crippen LogP contribution in [0.1, 0.15) is 52.4 Å². The minimum atomic E-state index is -3.42. The summed E-state index contributed by atoms with van der Waals surface area (Å²) >= 11 is 0. The quantitative estimate of drug-likeness (QED) is 0.682. The maximum absolute atomic E-state index is 12.2. The summed E-state index contributed by atoms with van der Waals surface area (Å²) in [5.74, 6) is 0.588. The van der Waals surface area contributed by atoms with E-state index in [9.17, 15) is 8.42 Å². The van der Waals surface area contributed by atoms with Crippen molar-refractivity contribution in [2.24, 2.45) is 11.3 Å². The van der Waals surface area contributed by atoms with Crippen LogP contribution in [0.4, 0.5) is 0 Å². The molecule has 0 heterocycles. The molecule has 0 saturated heterocycles. The highest BCUT2D eigenvalue weighted by atomic mass is 32.2. The van der Waals surface area contributed by atoms with Crippen molar-refractivity contribution in [1.82, 2.24) is 9.03 Å². The molecule has 0 aromatic carbocycles. The maximum Gasteiger partial charge on any atom is 0.279 e. The molecule has 0 amide bonds. The van der Waals surface area contributed by atoms with Gasteiger partial charge in [-0.1, -0.05) is 26.7 Å². The van der Waals surface area contributed by atoms with Gasteiger partial charge in [-0.15, -0.1) is 0 Å². The number of aliphatic hydroxyl groups excluding tert-OH is 1. The Kier molecular flexibility index (Phi) is 6.91. The SMILES string of the molecule is CC(C)CC1(CNS(=O)(=O)N(C)CCCO)CCCC1. The van der Waals surface area contributed by atoms with Crippen molar-refractivity contribution in [1.29, 1.82) is 0 Å². The molecular weight excluding hydrogens is 276 g/mol. The first-order valence-corrected chi connectivity index (χ1v) is 9.07. The standard InChI is InChI=1S/C14H30N2O3S/c1-13(2)11-14(7-4-5-8-14)12-15-20(18,19)16(3)9-6-10-17/h13,15,17H,4-12H2,1-3H3. The fraction of sp³-hybridized carbons (Fsp3) is 1.00. The first-order chi connectivity index (χ1) is 9.31. The van der Waals surface area contributed by atoms with Crippen LogP contribution in [0.3, 0.4) is 0 Å². The topological polar surface area (TPSA) is 69.6 Å². The molecule has 0 bridgehead atoms. The molecule has 0 atom stereocenters. The van der Waals surface area contributed by atoms with Gasteiger partial charge in [0.25, 0.3) is 10.2 Å². The average Bonchev–Trinajstić information content (AvgIpc) is 2.81. The number of hydrogen-bond donors (Lipinski definition) is 2. The lowest BCUT2D eigenvalue weighted by Gasteiger charge is -2.32. The summed E-state index contributed by atoms with van der Waals surface area (Å²) in [4.78, 5) is 0. The van der Waals surface area contributed by atoms with E-state index in [4.69, 9.17) is 5.11 Å². The zero-order valence-corrected chi connectivity index (χ0v) is 13.9. The van der Waals surface area contributed by atoms with Gasteiger partial charge in [0.1, 0.15) is 0 Å². The molecule has 1 aliphatic carbocycles. The lowest BCUT2D eigenvalue weighted by molar-refractivity contribution is 0.234. The molecule has 0 spiro atoms. The Morgan fingerprint density at radius 2 is 1.90 bits per heavy atom. The van der Waals surface area contributed by atoms with Crippen LogP contribution < -0.4 is 4.72 Å². The fourth-order valence-corrected chi connectivity index (χ4v) is 4.29. The minimum Gasteiger partial charge on any atom is -0.396 e. The molecule has 1 saturated carbocycles. The van der Waals surface area contributed by atoms with Gasteiger partial charge in [-0.25, -0.2) is 4.72 Å². The summed E-state index contributed by atoms with van der Waals surface area (Å²) in [5, 5.41) is 8.78. The largest absolute Gasteiger partial charge is 0.396 e. The molecular formula is C14H30N2O3S. The highest BCUT2D eigenvalue weighted by molar-refractivity contribution is 7.87. The highest BCUT2D eigenvalue weighted by Gasteiger charge is 2.35. The summed E-state index contributed by atoms with van der Waals surface area (Å²) in [6.07, 6.45) is 6.19. The van der Waals surface area contributed by atoms with Gasteiger partial charge in [-0.3, -0.25) is 0 Å². The minimum absolute atomic E-state index is 0.0111. The van der Waals surface area contributed by atoms with E-state index >= 15 is 0 Å². The summed E-state index contributed by atoms with van der Waals surface area (Å²) in [6.45, 7) is 5.29. The average molecular weight is 306 g/mol. The monoisotopic (exact) mass is 306 g/mol. The zero-order chi connectivity index (χ0) is 15.2. The van der Waals surface area contributed by atoms with Crippen molar-refractivity contribution in [2.45, 2.75) is 52.4 Å². The molecule has 20 heavy (non-hydrogen) atoms. The fourth-order valence-electron chi connectivity index (χ4n) is 3.21.